The fourth-order valence-electron chi connectivity index (χ4n) is 2.82. The number of nitrogens with two attached hydrogens (primary N) is 1. The first-order valence-electron chi connectivity index (χ1n) is 7.45. The number of allylic oxidation sites excluding steroid dienone is 1. The SMILES string of the molecule is Nc1nc(NCC2=CCCCC2)cc([C@@H]2CCOC2)n1. The Bertz CT molecular complexity index is 495. The number of hydrogen-bond acceptors (Lipinski definition) is 5. The quantitative estimate of drug-likeness (QED) is 0.825. The molecule has 1 aromatic heterocycles. The summed E-state index contributed by atoms with van der Waals surface area (Å²) in [7, 11) is 0. The number of anilines is 2. The lowest BCUT2D eigenvalue weighted by atomic mass is 10.00. The second-order valence-corrected chi connectivity index (χ2v) is 5.56. The Morgan fingerprint density at radius 3 is 3.05 bits per heavy atom. The van der Waals surface area contributed by atoms with Crippen LogP contribution in [-0.2, 0) is 4.74 Å². The van der Waals surface area contributed by atoms with Crippen molar-refractivity contribution in [3.05, 3.63) is 23.4 Å². The lowest BCUT2D eigenvalue weighted by Crippen LogP contribution is -2.12. The van der Waals surface area contributed by atoms with Gasteiger partial charge < -0.3 is 15.8 Å². The molecular formula is C15H22N4O. The van der Waals surface area contributed by atoms with Crippen molar-refractivity contribution in [2.75, 3.05) is 30.8 Å². The highest BCUT2D eigenvalue weighted by molar-refractivity contribution is 5.42. The molecule has 3 rings (SSSR count). The van der Waals surface area contributed by atoms with Crippen molar-refractivity contribution >= 4 is 11.8 Å². The van der Waals surface area contributed by atoms with Crippen LogP contribution in [0.25, 0.3) is 0 Å². The summed E-state index contributed by atoms with van der Waals surface area (Å²) in [6.45, 7) is 2.41. The van der Waals surface area contributed by atoms with E-state index in [2.05, 4.69) is 21.4 Å². The van der Waals surface area contributed by atoms with Crippen LogP contribution in [-0.4, -0.2) is 29.7 Å². The summed E-state index contributed by atoms with van der Waals surface area (Å²) in [5.74, 6) is 1.52. The van der Waals surface area contributed by atoms with Gasteiger partial charge in [0.05, 0.1) is 12.3 Å². The minimum absolute atomic E-state index is 0.342. The zero-order valence-electron chi connectivity index (χ0n) is 11.8. The molecule has 2 aliphatic rings. The summed E-state index contributed by atoms with van der Waals surface area (Å²) < 4.78 is 5.42. The molecule has 108 valence electrons. The molecular weight excluding hydrogens is 252 g/mol. The van der Waals surface area contributed by atoms with Gasteiger partial charge in [0, 0.05) is 25.1 Å². The fourth-order valence-corrected chi connectivity index (χ4v) is 2.82. The standard InChI is InChI=1S/C15H22N4O/c16-15-18-13(12-6-7-20-10-12)8-14(19-15)17-9-11-4-2-1-3-5-11/h4,8,12H,1-3,5-7,9-10H2,(H3,16,17,18,19)/t12-/m1/s1. The van der Waals surface area contributed by atoms with E-state index in [1.807, 2.05) is 6.07 Å². The Hall–Kier alpha value is -1.62. The number of nitrogens with one attached hydrogen (secondary N) is 1. The van der Waals surface area contributed by atoms with Crippen molar-refractivity contribution in [2.45, 2.75) is 38.0 Å². The molecule has 2 heterocycles. The normalized spacial score (nSPS) is 22.6. The van der Waals surface area contributed by atoms with Gasteiger partial charge in [0.1, 0.15) is 5.82 Å². The molecule has 0 saturated carbocycles. The summed E-state index contributed by atoms with van der Waals surface area (Å²) in [4.78, 5) is 8.62. The zero-order valence-corrected chi connectivity index (χ0v) is 11.8. The number of ether oxygens (including phenoxy) is 1. The summed E-state index contributed by atoms with van der Waals surface area (Å²) in [5, 5.41) is 3.38. The lowest BCUT2D eigenvalue weighted by Gasteiger charge is -2.15. The first-order chi connectivity index (χ1) is 9.81. The molecule has 0 radical (unpaired) electrons. The zero-order chi connectivity index (χ0) is 13.8. The van der Waals surface area contributed by atoms with Crippen LogP contribution in [0.5, 0.6) is 0 Å². The molecule has 5 nitrogen and oxygen atoms in total. The summed E-state index contributed by atoms with van der Waals surface area (Å²) in [6, 6.07) is 2.01. The Labute approximate surface area is 119 Å². The molecule has 1 saturated heterocycles. The van der Waals surface area contributed by atoms with Crippen molar-refractivity contribution in [2.24, 2.45) is 0 Å². The second kappa shape index (κ2) is 6.22. The van der Waals surface area contributed by atoms with Crippen molar-refractivity contribution in [1.82, 2.24) is 9.97 Å². The van der Waals surface area contributed by atoms with Crippen LogP contribution in [0.3, 0.4) is 0 Å². The smallest absolute Gasteiger partial charge is 0.222 e. The first-order valence-corrected chi connectivity index (χ1v) is 7.45. The molecule has 0 spiro atoms. The molecule has 1 atom stereocenters. The van der Waals surface area contributed by atoms with E-state index in [1.165, 1.54) is 31.3 Å². The van der Waals surface area contributed by atoms with Crippen molar-refractivity contribution in [3.8, 4) is 0 Å². The van der Waals surface area contributed by atoms with Crippen molar-refractivity contribution < 1.29 is 4.74 Å². The van der Waals surface area contributed by atoms with E-state index in [4.69, 9.17) is 10.5 Å². The van der Waals surface area contributed by atoms with E-state index in [-0.39, 0.29) is 0 Å². The average molecular weight is 274 g/mol. The van der Waals surface area contributed by atoms with Crippen LogP contribution >= 0.6 is 0 Å². The number of rotatable bonds is 4. The van der Waals surface area contributed by atoms with E-state index >= 15 is 0 Å². The predicted molar refractivity (Wildman–Crippen MR) is 79.7 cm³/mol. The molecule has 5 heteroatoms. The molecule has 0 unspecified atom stereocenters. The number of nitrogen functional groups attached to an aromatic ring is 1. The Morgan fingerprint density at radius 2 is 2.30 bits per heavy atom. The predicted octanol–water partition coefficient (Wildman–Crippen LogP) is 2.48. The van der Waals surface area contributed by atoms with Crippen molar-refractivity contribution in [1.29, 1.82) is 0 Å². The molecule has 3 N–H and O–H groups in total. The van der Waals surface area contributed by atoms with Gasteiger partial charge in [-0.3, -0.25) is 0 Å². The Kier molecular flexibility index (Phi) is 4.16. The molecule has 1 aliphatic carbocycles. The summed E-state index contributed by atoms with van der Waals surface area (Å²) in [6.07, 6.45) is 8.36. The van der Waals surface area contributed by atoms with Crippen LogP contribution < -0.4 is 11.1 Å². The number of nitrogens with zero attached hydrogens (tertiary/aromatic N) is 2. The first kappa shape index (κ1) is 13.4. The van der Waals surface area contributed by atoms with Gasteiger partial charge in [0.25, 0.3) is 0 Å². The van der Waals surface area contributed by atoms with Gasteiger partial charge in [0.15, 0.2) is 0 Å². The number of aromatic nitrogens is 2. The molecule has 1 aromatic rings. The third-order valence-electron chi connectivity index (χ3n) is 3.99. The van der Waals surface area contributed by atoms with Gasteiger partial charge in [0.2, 0.25) is 5.95 Å². The highest BCUT2D eigenvalue weighted by Crippen LogP contribution is 2.26. The van der Waals surface area contributed by atoms with Gasteiger partial charge in [-0.1, -0.05) is 11.6 Å². The Balaban J connectivity index is 1.67. The third-order valence-corrected chi connectivity index (χ3v) is 3.99. The maximum Gasteiger partial charge on any atom is 0.222 e. The molecule has 0 aromatic carbocycles. The van der Waals surface area contributed by atoms with Crippen LogP contribution in [0.2, 0.25) is 0 Å². The highest BCUT2D eigenvalue weighted by atomic mass is 16.5. The van der Waals surface area contributed by atoms with Crippen LogP contribution in [0, 0.1) is 0 Å². The van der Waals surface area contributed by atoms with Crippen LogP contribution in [0.4, 0.5) is 11.8 Å². The van der Waals surface area contributed by atoms with Gasteiger partial charge >= 0.3 is 0 Å². The molecule has 0 amide bonds. The monoisotopic (exact) mass is 274 g/mol. The van der Waals surface area contributed by atoms with E-state index < -0.39 is 0 Å². The van der Waals surface area contributed by atoms with E-state index in [9.17, 15) is 0 Å². The third kappa shape index (κ3) is 3.28. The van der Waals surface area contributed by atoms with Gasteiger partial charge in [-0.15, -0.1) is 0 Å². The topological polar surface area (TPSA) is 73.1 Å². The van der Waals surface area contributed by atoms with E-state index in [0.29, 0.717) is 11.9 Å². The molecule has 20 heavy (non-hydrogen) atoms. The number of hydrogen-bond donors (Lipinski definition) is 2. The lowest BCUT2D eigenvalue weighted by molar-refractivity contribution is 0.193. The molecule has 0 bridgehead atoms. The van der Waals surface area contributed by atoms with Gasteiger partial charge in [-0.05, 0) is 32.1 Å². The van der Waals surface area contributed by atoms with Crippen LogP contribution in [0.1, 0.15) is 43.7 Å². The summed E-state index contributed by atoms with van der Waals surface area (Å²) >= 11 is 0. The average Bonchev–Trinajstić information content (AvgIpc) is 3.00. The van der Waals surface area contributed by atoms with Gasteiger partial charge in [-0.2, -0.15) is 4.98 Å². The summed E-state index contributed by atoms with van der Waals surface area (Å²) in [5.41, 5.74) is 8.29. The fraction of sp³-hybridized carbons (Fsp3) is 0.600. The van der Waals surface area contributed by atoms with Gasteiger partial charge in [-0.25, -0.2) is 4.98 Å². The highest BCUT2D eigenvalue weighted by Gasteiger charge is 2.20. The van der Waals surface area contributed by atoms with Crippen LogP contribution in [0.15, 0.2) is 17.7 Å². The second-order valence-electron chi connectivity index (χ2n) is 5.56. The van der Waals surface area contributed by atoms with E-state index in [1.54, 1.807) is 0 Å². The van der Waals surface area contributed by atoms with Crippen molar-refractivity contribution in [3.63, 3.8) is 0 Å². The minimum atomic E-state index is 0.342. The molecule has 1 aliphatic heterocycles. The largest absolute Gasteiger partial charge is 0.381 e. The Morgan fingerprint density at radius 1 is 1.35 bits per heavy atom. The minimum Gasteiger partial charge on any atom is -0.381 e. The van der Waals surface area contributed by atoms with E-state index in [0.717, 1.165) is 37.7 Å². The maximum absolute atomic E-state index is 5.82. The maximum atomic E-state index is 5.82. The molecule has 1 fully saturated rings.